The Labute approximate surface area is 197 Å². The first-order valence-electron chi connectivity index (χ1n) is 11.0. The van der Waals surface area contributed by atoms with Gasteiger partial charge in [-0.1, -0.05) is 38.5 Å². The van der Waals surface area contributed by atoms with Crippen LogP contribution in [-0.4, -0.2) is 31.0 Å². The lowest BCUT2D eigenvalue weighted by molar-refractivity contribution is -0.137. The van der Waals surface area contributed by atoms with Crippen molar-refractivity contribution in [2.75, 3.05) is 16.7 Å². The topological polar surface area (TPSA) is 75.3 Å². The quantitative estimate of drug-likeness (QED) is 0.381. The highest BCUT2D eigenvalue weighted by Crippen LogP contribution is 2.32. The summed E-state index contributed by atoms with van der Waals surface area (Å²) in [5, 5.41) is 6.79. The molecule has 10 heteroatoms. The van der Waals surface area contributed by atoms with E-state index in [0.717, 1.165) is 18.6 Å². The Kier molecular flexibility index (Phi) is 7.91. The van der Waals surface area contributed by atoms with Gasteiger partial charge in [-0.2, -0.15) is 18.3 Å². The van der Waals surface area contributed by atoms with Crippen molar-refractivity contribution in [2.24, 2.45) is 5.92 Å². The van der Waals surface area contributed by atoms with Crippen molar-refractivity contribution in [1.29, 1.82) is 0 Å². The van der Waals surface area contributed by atoms with E-state index in [4.69, 9.17) is 4.74 Å². The molecular formula is C24H28F3N3O3S. The summed E-state index contributed by atoms with van der Waals surface area (Å²) in [5.41, 5.74) is 1.13. The van der Waals surface area contributed by atoms with E-state index in [0.29, 0.717) is 40.8 Å². The van der Waals surface area contributed by atoms with E-state index in [1.54, 1.807) is 31.2 Å². The first kappa shape index (κ1) is 25.6. The zero-order chi connectivity index (χ0) is 24.9. The molecule has 0 aliphatic carbocycles. The summed E-state index contributed by atoms with van der Waals surface area (Å²) < 4.78 is 71.8. The third kappa shape index (κ3) is 6.11. The number of H-pyrrole nitrogens is 1. The van der Waals surface area contributed by atoms with Crippen molar-refractivity contribution in [1.82, 2.24) is 10.2 Å². The van der Waals surface area contributed by atoms with Crippen molar-refractivity contribution in [3.8, 4) is 17.0 Å². The number of benzene rings is 2. The number of alkyl halides is 3. The van der Waals surface area contributed by atoms with Crippen LogP contribution in [0.3, 0.4) is 0 Å². The number of hydrogen-bond acceptors (Lipinski definition) is 4. The van der Waals surface area contributed by atoms with Gasteiger partial charge in [-0.15, -0.1) is 0 Å². The lowest BCUT2D eigenvalue weighted by atomic mass is 10.1. The highest BCUT2D eigenvalue weighted by atomic mass is 32.2. The molecule has 0 spiro atoms. The van der Waals surface area contributed by atoms with Crippen molar-refractivity contribution in [3.63, 3.8) is 0 Å². The summed E-state index contributed by atoms with van der Waals surface area (Å²) in [5.74, 6) is 0.791. The SMILES string of the molecule is CCC(C)COc1cccc(N(Cc2cn[nH]c2-c2ccc(C(F)(F)F)cc2)S(=O)(=O)CC)c1. The third-order valence-corrected chi connectivity index (χ3v) is 7.31. The molecule has 184 valence electrons. The summed E-state index contributed by atoms with van der Waals surface area (Å²) in [6.07, 6.45) is -2.00. The Morgan fingerprint density at radius 2 is 1.82 bits per heavy atom. The zero-order valence-electron chi connectivity index (χ0n) is 19.3. The van der Waals surface area contributed by atoms with Gasteiger partial charge in [-0.05, 0) is 42.7 Å². The molecule has 6 nitrogen and oxygen atoms in total. The normalized spacial score (nSPS) is 13.0. The maximum absolute atomic E-state index is 13.0. The second kappa shape index (κ2) is 10.5. The average Bonchev–Trinajstić information content (AvgIpc) is 3.29. The highest BCUT2D eigenvalue weighted by molar-refractivity contribution is 7.92. The monoisotopic (exact) mass is 495 g/mol. The molecule has 0 saturated carbocycles. The van der Waals surface area contributed by atoms with Crippen LogP contribution in [0.15, 0.2) is 54.7 Å². The van der Waals surface area contributed by atoms with Crippen molar-refractivity contribution in [2.45, 2.75) is 39.9 Å². The summed E-state index contributed by atoms with van der Waals surface area (Å²) in [4.78, 5) is 0. The Balaban J connectivity index is 1.92. The number of anilines is 1. The van der Waals surface area contributed by atoms with E-state index >= 15 is 0 Å². The van der Waals surface area contributed by atoms with Crippen LogP contribution < -0.4 is 9.04 Å². The molecule has 34 heavy (non-hydrogen) atoms. The second-order valence-electron chi connectivity index (χ2n) is 8.07. The standard InChI is InChI=1S/C24H28F3N3O3S/c1-4-17(3)16-33-22-8-6-7-21(13-22)30(34(31,32)5-2)15-19-14-28-29-23(19)18-9-11-20(12-10-18)24(25,26)27/h6-14,17H,4-5,15-16H2,1-3H3,(H,28,29). The molecule has 1 aromatic heterocycles. The van der Waals surface area contributed by atoms with Gasteiger partial charge >= 0.3 is 6.18 Å². The number of nitrogens with zero attached hydrogens (tertiary/aromatic N) is 2. The first-order valence-corrected chi connectivity index (χ1v) is 12.6. The molecule has 0 saturated heterocycles. The minimum atomic E-state index is -4.44. The summed E-state index contributed by atoms with van der Waals surface area (Å²) in [6, 6.07) is 11.5. The minimum Gasteiger partial charge on any atom is -0.493 e. The molecule has 2 aromatic carbocycles. The van der Waals surface area contributed by atoms with E-state index in [1.807, 2.05) is 0 Å². The molecule has 0 fully saturated rings. The number of hydrogen-bond donors (Lipinski definition) is 1. The number of aromatic nitrogens is 2. The second-order valence-corrected chi connectivity index (χ2v) is 10.3. The van der Waals surface area contributed by atoms with Gasteiger partial charge in [-0.25, -0.2) is 8.42 Å². The lowest BCUT2D eigenvalue weighted by Gasteiger charge is -2.24. The molecule has 1 N–H and O–H groups in total. The Hall–Kier alpha value is -3.01. The van der Waals surface area contributed by atoms with Gasteiger partial charge in [0.2, 0.25) is 10.0 Å². The van der Waals surface area contributed by atoms with Gasteiger partial charge in [0.25, 0.3) is 0 Å². The fourth-order valence-corrected chi connectivity index (χ4v) is 4.33. The smallest absolute Gasteiger partial charge is 0.416 e. The van der Waals surface area contributed by atoms with Crippen LogP contribution in [0.4, 0.5) is 18.9 Å². The average molecular weight is 496 g/mol. The van der Waals surface area contributed by atoms with Crippen LogP contribution >= 0.6 is 0 Å². The fourth-order valence-electron chi connectivity index (χ4n) is 3.25. The Morgan fingerprint density at radius 1 is 1.12 bits per heavy atom. The van der Waals surface area contributed by atoms with Crippen LogP contribution in [0.5, 0.6) is 5.75 Å². The van der Waals surface area contributed by atoms with Gasteiger partial charge in [-0.3, -0.25) is 9.40 Å². The molecular weight excluding hydrogens is 467 g/mol. The molecule has 0 aliphatic heterocycles. The molecule has 1 atom stereocenters. The van der Waals surface area contributed by atoms with E-state index in [2.05, 4.69) is 24.0 Å². The molecule has 0 aliphatic rings. The number of halogens is 3. The van der Waals surface area contributed by atoms with Gasteiger partial charge in [0.1, 0.15) is 5.75 Å². The third-order valence-electron chi connectivity index (χ3n) is 5.57. The Bertz CT molecular complexity index is 1190. The molecule has 0 radical (unpaired) electrons. The zero-order valence-corrected chi connectivity index (χ0v) is 20.1. The fraction of sp³-hybridized carbons (Fsp3) is 0.375. The summed E-state index contributed by atoms with van der Waals surface area (Å²) in [7, 11) is -3.68. The molecule has 0 amide bonds. The molecule has 1 unspecified atom stereocenters. The maximum Gasteiger partial charge on any atom is 0.416 e. The van der Waals surface area contributed by atoms with Crippen molar-refractivity contribution < 1.29 is 26.3 Å². The van der Waals surface area contributed by atoms with Gasteiger partial charge < -0.3 is 4.74 Å². The van der Waals surface area contributed by atoms with E-state index < -0.39 is 21.8 Å². The van der Waals surface area contributed by atoms with Crippen molar-refractivity contribution in [3.05, 3.63) is 65.9 Å². The van der Waals surface area contributed by atoms with Gasteiger partial charge in [0, 0.05) is 11.6 Å². The van der Waals surface area contributed by atoms with Gasteiger partial charge in [0.15, 0.2) is 0 Å². The summed E-state index contributed by atoms with van der Waals surface area (Å²) >= 11 is 0. The van der Waals surface area contributed by atoms with Crippen LogP contribution in [-0.2, 0) is 22.7 Å². The van der Waals surface area contributed by atoms with Crippen LogP contribution in [0.1, 0.15) is 38.3 Å². The highest BCUT2D eigenvalue weighted by Gasteiger charge is 2.30. The van der Waals surface area contributed by atoms with Crippen LogP contribution in [0.25, 0.3) is 11.3 Å². The van der Waals surface area contributed by atoms with Gasteiger partial charge in [0.05, 0.1) is 42.0 Å². The lowest BCUT2D eigenvalue weighted by Crippen LogP contribution is -2.32. The first-order chi connectivity index (χ1) is 16.0. The largest absolute Gasteiger partial charge is 0.493 e. The van der Waals surface area contributed by atoms with Crippen molar-refractivity contribution >= 4 is 15.7 Å². The van der Waals surface area contributed by atoms with Crippen LogP contribution in [0.2, 0.25) is 0 Å². The number of nitrogens with one attached hydrogen (secondary N) is 1. The number of aromatic amines is 1. The maximum atomic E-state index is 13.0. The molecule has 3 rings (SSSR count). The van der Waals surface area contributed by atoms with Crippen LogP contribution in [0, 0.1) is 5.92 Å². The molecule has 3 aromatic rings. The Morgan fingerprint density at radius 3 is 2.44 bits per heavy atom. The molecule has 1 heterocycles. The summed E-state index contributed by atoms with van der Waals surface area (Å²) in [6.45, 7) is 6.16. The van der Waals surface area contributed by atoms with E-state index in [9.17, 15) is 21.6 Å². The predicted octanol–water partition coefficient (Wildman–Crippen LogP) is 5.88. The van der Waals surface area contributed by atoms with E-state index in [1.165, 1.54) is 22.6 Å². The number of ether oxygens (including phenoxy) is 1. The molecule has 0 bridgehead atoms. The minimum absolute atomic E-state index is 0.0438. The number of rotatable bonds is 10. The predicted molar refractivity (Wildman–Crippen MR) is 126 cm³/mol. The number of sulfonamides is 1. The van der Waals surface area contributed by atoms with E-state index in [-0.39, 0.29) is 12.3 Å².